The summed E-state index contributed by atoms with van der Waals surface area (Å²) in [6.07, 6.45) is 0.401. The Morgan fingerprint density at radius 3 is 2.19 bits per heavy atom. The number of hydrogen-bond acceptors (Lipinski definition) is 4. The first-order valence-corrected chi connectivity index (χ1v) is 11.9. The second kappa shape index (κ2) is 11.3. The van der Waals surface area contributed by atoms with Crippen LogP contribution in [0.25, 0.3) is 0 Å². The van der Waals surface area contributed by atoms with Crippen molar-refractivity contribution < 1.29 is 18.0 Å². The zero-order valence-corrected chi connectivity index (χ0v) is 19.5. The van der Waals surface area contributed by atoms with E-state index >= 15 is 0 Å². The number of benzene rings is 2. The lowest BCUT2D eigenvalue weighted by Gasteiger charge is -2.31. The Labute approximate surface area is 189 Å². The summed E-state index contributed by atoms with van der Waals surface area (Å²) in [5.74, 6) is -0.723. The van der Waals surface area contributed by atoms with Gasteiger partial charge in [-0.25, -0.2) is 8.42 Å². The smallest absolute Gasteiger partial charge is 0.243 e. The molecule has 168 valence electrons. The molecule has 0 heterocycles. The summed E-state index contributed by atoms with van der Waals surface area (Å²) in [5.41, 5.74) is 0.849. The second-order valence-corrected chi connectivity index (χ2v) is 9.52. The Hall–Kier alpha value is -2.42. The summed E-state index contributed by atoms with van der Waals surface area (Å²) in [7, 11) is -2.55. The van der Waals surface area contributed by atoms with Gasteiger partial charge in [0.05, 0.1) is 11.4 Å². The maximum atomic E-state index is 13.2. The van der Waals surface area contributed by atoms with Gasteiger partial charge in [0.15, 0.2) is 0 Å². The first kappa shape index (κ1) is 24.8. The molecule has 0 aliphatic heterocycles. The molecule has 0 spiro atoms. The lowest BCUT2D eigenvalue weighted by molar-refractivity contribution is -0.141. The molecule has 1 N–H and O–H groups in total. The van der Waals surface area contributed by atoms with Crippen molar-refractivity contribution in [1.82, 2.24) is 14.5 Å². The quantitative estimate of drug-likeness (QED) is 0.584. The van der Waals surface area contributed by atoms with E-state index < -0.39 is 28.5 Å². The third kappa shape index (κ3) is 6.53. The molecule has 7 nitrogen and oxygen atoms in total. The van der Waals surface area contributed by atoms with Crippen LogP contribution in [0, 0.1) is 0 Å². The molecule has 2 aromatic rings. The molecule has 2 amide bonds. The molecule has 2 rings (SSSR count). The van der Waals surface area contributed by atoms with E-state index in [1.54, 1.807) is 6.92 Å². The van der Waals surface area contributed by atoms with Gasteiger partial charge in [-0.2, -0.15) is 4.31 Å². The molecular weight excluding hydrogens is 438 g/mol. The molecule has 0 bridgehead atoms. The van der Waals surface area contributed by atoms with Gasteiger partial charge in [0.25, 0.3) is 0 Å². The number of hydrogen-bond donors (Lipinski definition) is 1. The Balaban J connectivity index is 2.28. The fourth-order valence-electron chi connectivity index (χ4n) is 3.14. The number of nitrogens with zero attached hydrogens (tertiary/aromatic N) is 2. The van der Waals surface area contributed by atoms with Gasteiger partial charge in [0, 0.05) is 25.2 Å². The minimum atomic E-state index is -3.89. The average Bonchev–Trinajstić information content (AvgIpc) is 2.74. The van der Waals surface area contributed by atoms with Crippen LogP contribution < -0.4 is 5.32 Å². The molecule has 1 atom stereocenters. The van der Waals surface area contributed by atoms with Gasteiger partial charge in [-0.3, -0.25) is 9.59 Å². The van der Waals surface area contributed by atoms with Crippen LogP contribution in [0.2, 0.25) is 5.02 Å². The van der Waals surface area contributed by atoms with Crippen LogP contribution in [0.3, 0.4) is 0 Å². The van der Waals surface area contributed by atoms with E-state index in [2.05, 4.69) is 5.32 Å². The summed E-state index contributed by atoms with van der Waals surface area (Å²) in [6, 6.07) is 14.3. The van der Waals surface area contributed by atoms with E-state index in [1.165, 1.54) is 36.2 Å². The fourth-order valence-corrected chi connectivity index (χ4v) is 4.39. The third-order valence-electron chi connectivity index (χ3n) is 4.81. The van der Waals surface area contributed by atoms with E-state index in [0.717, 1.165) is 9.87 Å². The number of nitrogens with one attached hydrogen (secondary N) is 1. The van der Waals surface area contributed by atoms with Crippen molar-refractivity contribution in [3.63, 3.8) is 0 Å². The molecule has 0 fully saturated rings. The maximum absolute atomic E-state index is 13.2. The Morgan fingerprint density at radius 1 is 1.03 bits per heavy atom. The van der Waals surface area contributed by atoms with Crippen molar-refractivity contribution in [3.05, 3.63) is 65.2 Å². The molecule has 0 aliphatic rings. The molecule has 0 saturated carbocycles. The number of carbonyl (C=O) groups excluding carboxylic acids is 2. The molecule has 9 heteroatoms. The van der Waals surface area contributed by atoms with Crippen molar-refractivity contribution in [2.75, 3.05) is 20.1 Å². The molecule has 0 unspecified atom stereocenters. The summed E-state index contributed by atoms with van der Waals surface area (Å²) in [6.45, 7) is 3.87. The van der Waals surface area contributed by atoms with Crippen LogP contribution in [0.5, 0.6) is 0 Å². The van der Waals surface area contributed by atoms with Gasteiger partial charge >= 0.3 is 0 Å². The lowest BCUT2D eigenvalue weighted by atomic mass is 10.1. The van der Waals surface area contributed by atoms with Gasteiger partial charge < -0.3 is 10.2 Å². The first-order chi connectivity index (χ1) is 14.7. The Morgan fingerprint density at radius 2 is 1.65 bits per heavy atom. The molecule has 2 aromatic carbocycles. The van der Waals surface area contributed by atoms with Crippen LogP contribution in [0.15, 0.2) is 59.5 Å². The van der Waals surface area contributed by atoms with Crippen LogP contribution in [-0.4, -0.2) is 55.6 Å². The van der Waals surface area contributed by atoms with Crippen molar-refractivity contribution in [2.24, 2.45) is 0 Å². The SMILES string of the molecule is CCNC(=O)[C@H](CC)N(Cc1ccccc1)C(=O)CN(C)S(=O)(=O)c1ccc(Cl)cc1. The molecule has 0 saturated heterocycles. The van der Waals surface area contributed by atoms with Crippen molar-refractivity contribution in [1.29, 1.82) is 0 Å². The zero-order chi connectivity index (χ0) is 23.0. The minimum Gasteiger partial charge on any atom is -0.355 e. The highest BCUT2D eigenvalue weighted by atomic mass is 35.5. The summed E-state index contributed by atoms with van der Waals surface area (Å²) in [5, 5.41) is 3.17. The van der Waals surface area contributed by atoms with E-state index in [1.807, 2.05) is 37.3 Å². The highest BCUT2D eigenvalue weighted by Gasteiger charge is 2.31. The first-order valence-electron chi connectivity index (χ1n) is 10.0. The maximum Gasteiger partial charge on any atom is 0.243 e. The van der Waals surface area contributed by atoms with Crippen LogP contribution in [0.1, 0.15) is 25.8 Å². The molecule has 0 aliphatic carbocycles. The third-order valence-corrected chi connectivity index (χ3v) is 6.88. The number of carbonyl (C=O) groups is 2. The van der Waals surface area contributed by atoms with Crippen LogP contribution >= 0.6 is 11.6 Å². The van der Waals surface area contributed by atoms with Crippen LogP contribution in [-0.2, 0) is 26.2 Å². The number of rotatable bonds is 10. The van der Waals surface area contributed by atoms with E-state index in [-0.39, 0.29) is 17.3 Å². The molecular formula is C22H28ClN3O4S. The predicted octanol–water partition coefficient (Wildman–Crippen LogP) is 2.90. The van der Waals surface area contributed by atoms with Gasteiger partial charge in [0.2, 0.25) is 21.8 Å². The van der Waals surface area contributed by atoms with Gasteiger partial charge in [-0.1, -0.05) is 48.9 Å². The molecule has 0 aromatic heterocycles. The van der Waals surface area contributed by atoms with E-state index in [4.69, 9.17) is 11.6 Å². The highest BCUT2D eigenvalue weighted by molar-refractivity contribution is 7.89. The van der Waals surface area contributed by atoms with Gasteiger partial charge in [-0.05, 0) is 43.2 Å². The topological polar surface area (TPSA) is 86.8 Å². The number of likely N-dealkylation sites (N-methyl/N-ethyl adjacent to an activating group) is 2. The second-order valence-electron chi connectivity index (χ2n) is 7.04. The highest BCUT2D eigenvalue weighted by Crippen LogP contribution is 2.19. The Bertz CT molecular complexity index is 982. The van der Waals surface area contributed by atoms with Crippen LogP contribution in [0.4, 0.5) is 0 Å². The summed E-state index contributed by atoms with van der Waals surface area (Å²) >= 11 is 5.84. The van der Waals surface area contributed by atoms with Gasteiger partial charge in [-0.15, -0.1) is 0 Å². The standard InChI is InChI=1S/C22H28ClN3O4S/c1-4-20(22(28)24-5-2)26(15-17-9-7-6-8-10-17)21(27)16-25(3)31(29,30)19-13-11-18(23)12-14-19/h6-14,20H,4-5,15-16H2,1-3H3,(H,24,28)/t20-/m0/s1. The van der Waals surface area contributed by atoms with E-state index in [0.29, 0.717) is 18.0 Å². The minimum absolute atomic E-state index is 0.0394. The summed E-state index contributed by atoms with van der Waals surface area (Å²) in [4.78, 5) is 27.3. The fraction of sp³-hybridized carbons (Fsp3) is 0.364. The van der Waals surface area contributed by atoms with E-state index in [9.17, 15) is 18.0 Å². The summed E-state index contributed by atoms with van der Waals surface area (Å²) < 4.78 is 26.7. The number of sulfonamides is 1. The van der Waals surface area contributed by atoms with Crippen molar-refractivity contribution in [2.45, 2.75) is 37.8 Å². The largest absolute Gasteiger partial charge is 0.355 e. The predicted molar refractivity (Wildman–Crippen MR) is 121 cm³/mol. The lowest BCUT2D eigenvalue weighted by Crippen LogP contribution is -2.51. The van der Waals surface area contributed by atoms with Crippen molar-refractivity contribution in [3.8, 4) is 0 Å². The molecule has 0 radical (unpaired) electrons. The normalized spacial score (nSPS) is 12.4. The van der Waals surface area contributed by atoms with Crippen molar-refractivity contribution >= 4 is 33.4 Å². The Kier molecular flexibility index (Phi) is 9.03. The molecule has 31 heavy (non-hydrogen) atoms. The van der Waals surface area contributed by atoms with Gasteiger partial charge in [0.1, 0.15) is 6.04 Å². The number of amides is 2. The average molecular weight is 466 g/mol. The zero-order valence-electron chi connectivity index (χ0n) is 17.9. The number of halogens is 1. The monoisotopic (exact) mass is 465 g/mol.